The summed E-state index contributed by atoms with van der Waals surface area (Å²) in [5.41, 5.74) is 0. The zero-order valence-corrected chi connectivity index (χ0v) is 14.1. The number of ether oxygens (including phenoxy) is 1. The molecule has 3 rings (SSSR count). The molecule has 1 N–H and O–H groups in total. The number of halogens is 1. The predicted octanol–water partition coefficient (Wildman–Crippen LogP) is 1.46. The van der Waals surface area contributed by atoms with Crippen LogP contribution in [0.1, 0.15) is 0 Å². The molecule has 0 aliphatic carbocycles. The molecule has 6 nitrogen and oxygen atoms in total. The molecule has 0 spiro atoms. The molecule has 1 saturated heterocycles. The Morgan fingerprint density at radius 2 is 2.04 bits per heavy atom. The molecule has 0 atom stereocenters. The fraction of sp³-hybridized carbons (Fsp3) is 0.267. The Hall–Kier alpha value is -1.97. The van der Waals surface area contributed by atoms with Crippen molar-refractivity contribution in [3.8, 4) is 5.75 Å². The molecular formula is C15H15FN2O4S2. The maximum absolute atomic E-state index is 13.5. The normalized spacial score (nSPS) is 15.1. The highest BCUT2D eigenvalue weighted by atomic mass is 32.2. The minimum Gasteiger partial charge on any atom is -0.484 e. The summed E-state index contributed by atoms with van der Waals surface area (Å²) in [6, 6.07) is 9.16. The van der Waals surface area contributed by atoms with E-state index >= 15 is 0 Å². The molecule has 0 unspecified atom stereocenters. The van der Waals surface area contributed by atoms with Crippen molar-refractivity contribution < 1.29 is 22.3 Å². The molecule has 1 amide bonds. The van der Waals surface area contributed by atoms with E-state index in [1.165, 1.54) is 23.1 Å². The van der Waals surface area contributed by atoms with Crippen molar-refractivity contribution in [1.82, 2.24) is 9.62 Å². The van der Waals surface area contributed by atoms with E-state index in [9.17, 15) is 17.6 Å². The van der Waals surface area contributed by atoms with Crippen molar-refractivity contribution in [2.45, 2.75) is 10.3 Å². The Morgan fingerprint density at radius 1 is 1.29 bits per heavy atom. The van der Waals surface area contributed by atoms with E-state index in [4.69, 9.17) is 4.74 Å². The summed E-state index contributed by atoms with van der Waals surface area (Å²) in [6.45, 7) is 0.286. The van der Waals surface area contributed by atoms with Crippen molar-refractivity contribution in [2.75, 3.05) is 19.6 Å². The third-order valence-corrected chi connectivity index (χ3v) is 6.30. The quantitative estimate of drug-likeness (QED) is 0.835. The molecular weight excluding hydrogens is 355 g/mol. The number of rotatable bonds is 6. The monoisotopic (exact) mass is 370 g/mol. The minimum atomic E-state index is -3.66. The van der Waals surface area contributed by atoms with E-state index in [0.717, 1.165) is 11.3 Å². The zero-order valence-electron chi connectivity index (χ0n) is 12.5. The van der Waals surface area contributed by atoms with Crippen LogP contribution in [0.5, 0.6) is 5.75 Å². The van der Waals surface area contributed by atoms with Crippen LogP contribution in [-0.4, -0.2) is 45.0 Å². The number of thiophene rings is 1. The second kappa shape index (κ2) is 6.88. The van der Waals surface area contributed by atoms with Gasteiger partial charge in [-0.05, 0) is 23.6 Å². The minimum absolute atomic E-state index is 0.146. The second-order valence-electron chi connectivity index (χ2n) is 5.23. The summed E-state index contributed by atoms with van der Waals surface area (Å²) in [5.74, 6) is -0.650. The molecule has 24 heavy (non-hydrogen) atoms. The number of hydrogen-bond donors (Lipinski definition) is 1. The fourth-order valence-electron chi connectivity index (χ4n) is 2.19. The largest absolute Gasteiger partial charge is 0.484 e. The molecule has 0 radical (unpaired) electrons. The Balaban J connectivity index is 1.46. The molecule has 1 aromatic heterocycles. The predicted molar refractivity (Wildman–Crippen MR) is 86.9 cm³/mol. The number of carbonyl (C=O) groups excluding carboxylic acids is 1. The third-order valence-electron chi connectivity index (χ3n) is 3.50. The first kappa shape index (κ1) is 16.9. The van der Waals surface area contributed by atoms with E-state index < -0.39 is 15.8 Å². The van der Waals surface area contributed by atoms with Gasteiger partial charge in [0.2, 0.25) is 5.91 Å². The highest BCUT2D eigenvalue weighted by Gasteiger charge is 2.33. The van der Waals surface area contributed by atoms with Gasteiger partial charge in [0.15, 0.2) is 11.6 Å². The lowest BCUT2D eigenvalue weighted by molar-refractivity contribution is -0.138. The summed E-state index contributed by atoms with van der Waals surface area (Å²) >= 11 is 1.08. The Bertz CT molecular complexity index is 818. The van der Waals surface area contributed by atoms with Crippen LogP contribution in [0.4, 0.5) is 4.39 Å². The maximum Gasteiger partial charge on any atom is 0.250 e. The Labute approximate surface area is 142 Å². The average molecular weight is 370 g/mol. The maximum atomic E-state index is 13.5. The average Bonchev–Trinajstić information content (AvgIpc) is 3.05. The molecule has 2 aromatic rings. The first-order valence-electron chi connectivity index (χ1n) is 7.18. The fourth-order valence-corrected chi connectivity index (χ4v) is 4.20. The molecule has 1 aromatic carbocycles. The van der Waals surface area contributed by atoms with Gasteiger partial charge in [0, 0.05) is 0 Å². The highest BCUT2D eigenvalue weighted by molar-refractivity contribution is 7.91. The second-order valence-corrected chi connectivity index (χ2v) is 8.17. The van der Waals surface area contributed by atoms with Gasteiger partial charge in [-0.25, -0.2) is 17.5 Å². The smallest absolute Gasteiger partial charge is 0.250 e. The van der Waals surface area contributed by atoms with Crippen molar-refractivity contribution >= 4 is 27.3 Å². The number of benzene rings is 1. The molecule has 1 aliphatic rings. The summed E-state index contributed by atoms with van der Waals surface area (Å²) in [6.07, 6.45) is -0.292. The number of likely N-dealkylation sites (tertiary alicyclic amines) is 1. The standard InChI is InChI=1S/C15H15FN2O4S2/c16-12-4-1-2-5-13(12)22-11-9-18(10-11)14(19)8-17-24(20,21)15-6-3-7-23-15/h1-7,11,17H,8-10H2. The summed E-state index contributed by atoms with van der Waals surface area (Å²) in [4.78, 5) is 13.4. The van der Waals surface area contributed by atoms with E-state index in [1.807, 2.05) is 0 Å². The van der Waals surface area contributed by atoms with Gasteiger partial charge in [0.1, 0.15) is 10.3 Å². The number of hydrogen-bond acceptors (Lipinski definition) is 5. The molecule has 128 valence electrons. The van der Waals surface area contributed by atoms with Crippen LogP contribution in [0.2, 0.25) is 0 Å². The van der Waals surface area contributed by atoms with Gasteiger partial charge in [-0.15, -0.1) is 11.3 Å². The van der Waals surface area contributed by atoms with Crippen LogP contribution in [0.15, 0.2) is 46.0 Å². The summed E-state index contributed by atoms with van der Waals surface area (Å²) < 4.78 is 45.2. The van der Waals surface area contributed by atoms with Gasteiger partial charge in [0.05, 0.1) is 19.6 Å². The van der Waals surface area contributed by atoms with Crippen LogP contribution in [0, 0.1) is 5.82 Å². The van der Waals surface area contributed by atoms with Crippen LogP contribution in [0.3, 0.4) is 0 Å². The van der Waals surface area contributed by atoms with Crippen LogP contribution < -0.4 is 9.46 Å². The van der Waals surface area contributed by atoms with E-state index in [0.29, 0.717) is 13.1 Å². The van der Waals surface area contributed by atoms with E-state index in [-0.39, 0.29) is 28.5 Å². The molecule has 2 heterocycles. The molecule has 1 fully saturated rings. The van der Waals surface area contributed by atoms with Gasteiger partial charge in [0.25, 0.3) is 10.0 Å². The highest BCUT2D eigenvalue weighted by Crippen LogP contribution is 2.21. The number of amides is 1. The van der Waals surface area contributed by atoms with E-state index in [2.05, 4.69) is 4.72 Å². The van der Waals surface area contributed by atoms with Crippen molar-refractivity contribution in [1.29, 1.82) is 0 Å². The molecule has 0 bridgehead atoms. The number of sulfonamides is 1. The third kappa shape index (κ3) is 3.74. The van der Waals surface area contributed by atoms with Gasteiger partial charge in [-0.2, -0.15) is 0 Å². The lowest BCUT2D eigenvalue weighted by atomic mass is 10.1. The van der Waals surface area contributed by atoms with Crippen molar-refractivity contribution in [2.24, 2.45) is 0 Å². The van der Waals surface area contributed by atoms with Crippen LogP contribution in [-0.2, 0) is 14.8 Å². The first-order valence-corrected chi connectivity index (χ1v) is 9.54. The van der Waals surface area contributed by atoms with Gasteiger partial charge < -0.3 is 9.64 Å². The van der Waals surface area contributed by atoms with Crippen molar-refractivity contribution in [3.63, 3.8) is 0 Å². The number of nitrogens with zero attached hydrogens (tertiary/aromatic N) is 1. The van der Waals surface area contributed by atoms with Crippen LogP contribution in [0.25, 0.3) is 0 Å². The van der Waals surface area contributed by atoms with Crippen LogP contribution >= 0.6 is 11.3 Å². The number of para-hydroxylation sites is 1. The lowest BCUT2D eigenvalue weighted by Crippen LogP contribution is -2.58. The Kier molecular flexibility index (Phi) is 4.83. The first-order chi connectivity index (χ1) is 11.5. The number of carbonyl (C=O) groups is 1. The number of nitrogens with one attached hydrogen (secondary N) is 1. The summed E-state index contributed by atoms with van der Waals surface area (Å²) in [7, 11) is -3.66. The molecule has 0 saturated carbocycles. The van der Waals surface area contributed by atoms with Gasteiger partial charge in [-0.1, -0.05) is 18.2 Å². The van der Waals surface area contributed by atoms with Gasteiger partial charge in [-0.3, -0.25) is 4.79 Å². The Morgan fingerprint density at radius 3 is 2.71 bits per heavy atom. The SMILES string of the molecule is O=C(CNS(=O)(=O)c1cccs1)N1CC(Oc2ccccc2F)C1. The van der Waals surface area contributed by atoms with E-state index in [1.54, 1.807) is 23.6 Å². The summed E-state index contributed by atoms with van der Waals surface area (Å²) in [5, 5.41) is 1.65. The molecule has 9 heteroatoms. The van der Waals surface area contributed by atoms with Gasteiger partial charge >= 0.3 is 0 Å². The van der Waals surface area contributed by atoms with Crippen molar-refractivity contribution in [3.05, 3.63) is 47.6 Å². The topological polar surface area (TPSA) is 75.7 Å². The zero-order chi connectivity index (χ0) is 17.2. The molecule has 1 aliphatic heterocycles. The lowest BCUT2D eigenvalue weighted by Gasteiger charge is -2.39.